The number of carboxylic acid groups (broad SMARTS) is 1. The highest BCUT2D eigenvalue weighted by Gasteiger charge is 2.17. The van der Waals surface area contributed by atoms with Gasteiger partial charge in [-0.25, -0.2) is 4.79 Å². The highest BCUT2D eigenvalue weighted by molar-refractivity contribution is 5.84. The number of carbonyl (C=O) groups is 1. The summed E-state index contributed by atoms with van der Waals surface area (Å²) in [7, 11) is 0. The predicted molar refractivity (Wildman–Crippen MR) is 69.0 cm³/mol. The third-order valence-electron chi connectivity index (χ3n) is 3.40. The lowest BCUT2D eigenvalue weighted by molar-refractivity contribution is 0.0663. The van der Waals surface area contributed by atoms with Crippen molar-refractivity contribution < 1.29 is 14.3 Å². The average molecular weight is 252 g/mol. The zero-order valence-corrected chi connectivity index (χ0v) is 10.7. The van der Waals surface area contributed by atoms with Gasteiger partial charge >= 0.3 is 5.97 Å². The molecule has 5 nitrogen and oxygen atoms in total. The highest BCUT2D eigenvalue weighted by atomic mass is 16.4. The third-order valence-corrected chi connectivity index (χ3v) is 3.40. The molecule has 18 heavy (non-hydrogen) atoms. The quantitative estimate of drug-likeness (QED) is 0.841. The van der Waals surface area contributed by atoms with Crippen molar-refractivity contribution in [1.29, 1.82) is 0 Å². The summed E-state index contributed by atoms with van der Waals surface area (Å²) in [6, 6.07) is 3.56. The van der Waals surface area contributed by atoms with Crippen LogP contribution in [0.1, 0.15) is 36.7 Å². The molecule has 1 fully saturated rings. The lowest BCUT2D eigenvalue weighted by Crippen LogP contribution is -2.41. The Kier molecular flexibility index (Phi) is 4.25. The number of furan rings is 1. The van der Waals surface area contributed by atoms with Gasteiger partial charge in [-0.1, -0.05) is 6.42 Å². The molecule has 0 saturated carbocycles. The first-order valence-electron chi connectivity index (χ1n) is 6.48. The predicted octanol–water partition coefficient (Wildman–Crippen LogP) is 2.26. The summed E-state index contributed by atoms with van der Waals surface area (Å²) in [5.74, 6) is -0.536. The molecule has 2 rings (SSSR count). The van der Waals surface area contributed by atoms with Gasteiger partial charge in [-0.2, -0.15) is 0 Å². The molecule has 0 radical (unpaired) electrons. The van der Waals surface area contributed by atoms with Crippen LogP contribution in [-0.2, 0) is 0 Å². The van der Waals surface area contributed by atoms with Gasteiger partial charge in [-0.15, -0.1) is 0 Å². The number of aromatic carboxylic acids is 1. The molecule has 1 atom stereocenters. The summed E-state index contributed by atoms with van der Waals surface area (Å²) in [4.78, 5) is 13.1. The van der Waals surface area contributed by atoms with Crippen molar-refractivity contribution in [2.75, 3.05) is 25.0 Å². The largest absolute Gasteiger partial charge is 0.475 e. The van der Waals surface area contributed by atoms with Crippen LogP contribution in [0.5, 0.6) is 0 Å². The van der Waals surface area contributed by atoms with E-state index in [0.717, 1.165) is 19.6 Å². The second-order valence-corrected chi connectivity index (χ2v) is 4.80. The van der Waals surface area contributed by atoms with E-state index in [1.807, 2.05) is 0 Å². The molecular formula is C13H20N2O3. The van der Waals surface area contributed by atoms with Gasteiger partial charge in [0, 0.05) is 18.7 Å². The Morgan fingerprint density at radius 1 is 1.44 bits per heavy atom. The number of hydrogen-bond acceptors (Lipinski definition) is 4. The van der Waals surface area contributed by atoms with Crippen LogP contribution in [0.3, 0.4) is 0 Å². The van der Waals surface area contributed by atoms with Gasteiger partial charge in [-0.3, -0.25) is 4.90 Å². The molecule has 0 bridgehead atoms. The van der Waals surface area contributed by atoms with Gasteiger partial charge in [0.1, 0.15) is 0 Å². The number of nitrogens with one attached hydrogen (secondary N) is 1. The van der Waals surface area contributed by atoms with Crippen LogP contribution in [0.25, 0.3) is 0 Å². The van der Waals surface area contributed by atoms with Crippen LogP contribution < -0.4 is 5.32 Å². The fourth-order valence-corrected chi connectivity index (χ4v) is 2.28. The summed E-state index contributed by atoms with van der Waals surface area (Å²) in [5, 5.41) is 11.9. The summed E-state index contributed by atoms with van der Waals surface area (Å²) < 4.78 is 5.15. The first-order chi connectivity index (χ1) is 8.66. The number of anilines is 1. The molecule has 2 N–H and O–H groups in total. The highest BCUT2D eigenvalue weighted by Crippen LogP contribution is 2.15. The minimum Gasteiger partial charge on any atom is -0.475 e. The number of hydrogen-bond donors (Lipinski definition) is 2. The zero-order valence-electron chi connectivity index (χ0n) is 10.7. The molecule has 2 heterocycles. The standard InChI is InChI=1S/C13H20N2O3/c1-10(15-7-3-2-4-8-15)9-14-12-6-5-11(18-12)13(16)17/h5-6,10,14H,2-4,7-9H2,1H3,(H,16,17). The van der Waals surface area contributed by atoms with Gasteiger partial charge in [0.2, 0.25) is 5.76 Å². The Bertz CT molecular complexity index is 397. The maximum Gasteiger partial charge on any atom is 0.371 e. The molecule has 0 spiro atoms. The SMILES string of the molecule is CC(CNc1ccc(C(=O)O)o1)N1CCCCC1. The Morgan fingerprint density at radius 2 is 2.17 bits per heavy atom. The smallest absolute Gasteiger partial charge is 0.371 e. The van der Waals surface area contributed by atoms with Crippen molar-refractivity contribution in [2.45, 2.75) is 32.2 Å². The van der Waals surface area contributed by atoms with Crippen molar-refractivity contribution in [3.8, 4) is 0 Å². The van der Waals surface area contributed by atoms with Crippen LogP contribution in [0, 0.1) is 0 Å². The molecule has 0 aromatic carbocycles. The lowest BCUT2D eigenvalue weighted by Gasteiger charge is -2.32. The molecule has 1 aromatic heterocycles. The molecular weight excluding hydrogens is 232 g/mol. The second kappa shape index (κ2) is 5.91. The van der Waals surface area contributed by atoms with E-state index in [9.17, 15) is 4.79 Å². The summed E-state index contributed by atoms with van der Waals surface area (Å²) in [6.45, 7) is 5.26. The van der Waals surface area contributed by atoms with Gasteiger partial charge in [0.15, 0.2) is 5.88 Å². The van der Waals surface area contributed by atoms with E-state index in [-0.39, 0.29) is 5.76 Å². The summed E-state index contributed by atoms with van der Waals surface area (Å²) >= 11 is 0. The van der Waals surface area contributed by atoms with E-state index in [2.05, 4.69) is 17.1 Å². The first-order valence-corrected chi connectivity index (χ1v) is 6.48. The van der Waals surface area contributed by atoms with Gasteiger partial charge in [-0.05, 0) is 38.9 Å². The zero-order chi connectivity index (χ0) is 13.0. The minimum atomic E-state index is -1.04. The number of carboxylic acids is 1. The number of piperidine rings is 1. The molecule has 1 aromatic rings. The van der Waals surface area contributed by atoms with E-state index < -0.39 is 5.97 Å². The van der Waals surface area contributed by atoms with Gasteiger partial charge in [0.05, 0.1) is 0 Å². The second-order valence-electron chi connectivity index (χ2n) is 4.80. The van der Waals surface area contributed by atoms with E-state index in [0.29, 0.717) is 11.9 Å². The summed E-state index contributed by atoms with van der Waals surface area (Å²) in [5.41, 5.74) is 0. The molecule has 0 aliphatic carbocycles. The lowest BCUT2D eigenvalue weighted by atomic mass is 10.1. The maximum absolute atomic E-state index is 10.7. The molecule has 100 valence electrons. The number of nitrogens with zero attached hydrogens (tertiary/aromatic N) is 1. The third kappa shape index (κ3) is 3.26. The summed E-state index contributed by atoms with van der Waals surface area (Å²) in [6.07, 6.45) is 3.87. The fourth-order valence-electron chi connectivity index (χ4n) is 2.28. The van der Waals surface area contributed by atoms with Crippen molar-refractivity contribution in [1.82, 2.24) is 4.90 Å². The fraction of sp³-hybridized carbons (Fsp3) is 0.615. The molecule has 1 aliphatic heterocycles. The molecule has 1 saturated heterocycles. The Hall–Kier alpha value is -1.49. The minimum absolute atomic E-state index is 0.0249. The van der Waals surface area contributed by atoms with E-state index >= 15 is 0 Å². The van der Waals surface area contributed by atoms with Crippen molar-refractivity contribution in [3.63, 3.8) is 0 Å². The van der Waals surface area contributed by atoms with E-state index in [1.54, 1.807) is 6.07 Å². The van der Waals surface area contributed by atoms with Gasteiger partial charge < -0.3 is 14.8 Å². The molecule has 5 heteroatoms. The Morgan fingerprint density at radius 3 is 2.78 bits per heavy atom. The first kappa shape index (κ1) is 13.0. The monoisotopic (exact) mass is 252 g/mol. The normalized spacial score (nSPS) is 18.5. The van der Waals surface area contributed by atoms with Crippen LogP contribution in [-0.4, -0.2) is 41.7 Å². The van der Waals surface area contributed by atoms with Crippen molar-refractivity contribution in [3.05, 3.63) is 17.9 Å². The van der Waals surface area contributed by atoms with Crippen LogP contribution in [0.2, 0.25) is 0 Å². The van der Waals surface area contributed by atoms with Crippen molar-refractivity contribution in [2.24, 2.45) is 0 Å². The molecule has 0 amide bonds. The molecule has 1 unspecified atom stereocenters. The van der Waals surface area contributed by atoms with Crippen LogP contribution in [0.4, 0.5) is 5.88 Å². The van der Waals surface area contributed by atoms with E-state index in [1.165, 1.54) is 25.3 Å². The van der Waals surface area contributed by atoms with E-state index in [4.69, 9.17) is 9.52 Å². The average Bonchev–Trinajstić information content (AvgIpc) is 2.86. The van der Waals surface area contributed by atoms with Crippen molar-refractivity contribution >= 4 is 11.9 Å². The van der Waals surface area contributed by atoms with Crippen LogP contribution >= 0.6 is 0 Å². The number of rotatable bonds is 5. The maximum atomic E-state index is 10.7. The van der Waals surface area contributed by atoms with Gasteiger partial charge in [0.25, 0.3) is 0 Å². The number of likely N-dealkylation sites (tertiary alicyclic amines) is 1. The topological polar surface area (TPSA) is 65.7 Å². The Labute approximate surface area is 107 Å². The molecule has 1 aliphatic rings. The Balaban J connectivity index is 1.80. The van der Waals surface area contributed by atoms with Crippen LogP contribution in [0.15, 0.2) is 16.5 Å².